The molecule has 0 aromatic heterocycles. The molecule has 0 N–H and O–H groups in total. The lowest BCUT2D eigenvalue weighted by atomic mass is 9.99. The van der Waals surface area contributed by atoms with Crippen LogP contribution in [-0.4, -0.2) is 0 Å². The van der Waals surface area contributed by atoms with Crippen molar-refractivity contribution in [3.8, 4) is 0 Å². The van der Waals surface area contributed by atoms with Crippen LogP contribution in [0.25, 0.3) is 0 Å². The fourth-order valence-electron chi connectivity index (χ4n) is 1.10. The Labute approximate surface area is 77.4 Å². The van der Waals surface area contributed by atoms with Crippen molar-refractivity contribution in [1.29, 1.82) is 0 Å². The highest BCUT2D eigenvalue weighted by Crippen LogP contribution is 2.23. The van der Waals surface area contributed by atoms with Crippen molar-refractivity contribution < 1.29 is 4.39 Å². The van der Waals surface area contributed by atoms with Crippen LogP contribution in [0.15, 0.2) is 18.2 Å². The molecule has 0 nitrogen and oxygen atoms in total. The van der Waals surface area contributed by atoms with Crippen LogP contribution in [0.5, 0.6) is 0 Å². The zero-order chi connectivity index (χ0) is 9.14. The van der Waals surface area contributed by atoms with Crippen LogP contribution in [0.3, 0.4) is 0 Å². The summed E-state index contributed by atoms with van der Waals surface area (Å²) in [5.41, 5.74) is 0.975. The third-order valence-electron chi connectivity index (χ3n) is 2.07. The third-order valence-corrected chi connectivity index (χ3v) is 2.28. The van der Waals surface area contributed by atoms with Gasteiger partial charge in [-0.3, -0.25) is 0 Å². The van der Waals surface area contributed by atoms with Gasteiger partial charge in [0.2, 0.25) is 0 Å². The quantitative estimate of drug-likeness (QED) is 0.655. The van der Waals surface area contributed by atoms with E-state index in [0.29, 0.717) is 10.9 Å². The molecule has 1 rings (SSSR count). The molecule has 0 radical (unpaired) electrons. The predicted octanol–water partition coefficient (Wildman–Crippen LogP) is 3.99. The van der Waals surface area contributed by atoms with Crippen molar-refractivity contribution in [1.82, 2.24) is 0 Å². The Morgan fingerprint density at radius 1 is 1.42 bits per heavy atom. The minimum absolute atomic E-state index is 0.252. The number of hydrogen-bond acceptors (Lipinski definition) is 0. The molecule has 0 fully saturated rings. The van der Waals surface area contributed by atoms with E-state index in [1.807, 2.05) is 6.07 Å². The normalized spacial score (nSPS) is 13.0. The molecule has 1 aromatic rings. The summed E-state index contributed by atoms with van der Waals surface area (Å²) in [7, 11) is 0. The van der Waals surface area contributed by atoms with Gasteiger partial charge in [0.25, 0.3) is 0 Å². The van der Waals surface area contributed by atoms with Gasteiger partial charge in [-0.25, -0.2) is 4.39 Å². The van der Waals surface area contributed by atoms with Gasteiger partial charge in [-0.05, 0) is 36.1 Å². The maximum Gasteiger partial charge on any atom is 0.124 e. The van der Waals surface area contributed by atoms with Gasteiger partial charge in [0, 0.05) is 5.02 Å². The molecule has 0 amide bonds. The lowest BCUT2D eigenvalue weighted by molar-refractivity contribution is 0.620. The van der Waals surface area contributed by atoms with Gasteiger partial charge in [0.05, 0.1) is 0 Å². The molecule has 0 saturated heterocycles. The van der Waals surface area contributed by atoms with Crippen LogP contribution in [0.2, 0.25) is 5.02 Å². The van der Waals surface area contributed by atoms with Crippen LogP contribution in [0.4, 0.5) is 4.39 Å². The van der Waals surface area contributed by atoms with Crippen molar-refractivity contribution >= 4 is 11.6 Å². The summed E-state index contributed by atoms with van der Waals surface area (Å²) in [5.74, 6) is 0.121. The first-order chi connectivity index (χ1) is 5.63. The van der Waals surface area contributed by atoms with Gasteiger partial charge in [-0.2, -0.15) is 0 Å². The van der Waals surface area contributed by atoms with E-state index in [2.05, 4.69) is 13.8 Å². The summed E-state index contributed by atoms with van der Waals surface area (Å²) >= 11 is 5.71. The van der Waals surface area contributed by atoms with Gasteiger partial charge < -0.3 is 0 Å². The molecule has 0 aliphatic carbocycles. The largest absolute Gasteiger partial charge is 0.207 e. The highest BCUT2D eigenvalue weighted by atomic mass is 35.5. The zero-order valence-electron chi connectivity index (χ0n) is 7.27. The SMILES string of the molecule is CC[C@H](C)c1cc(F)cc(Cl)c1. The minimum Gasteiger partial charge on any atom is -0.207 e. The summed E-state index contributed by atoms with van der Waals surface area (Å²) in [6.45, 7) is 4.13. The van der Waals surface area contributed by atoms with Crippen LogP contribution >= 0.6 is 11.6 Å². The molecule has 0 spiro atoms. The van der Waals surface area contributed by atoms with E-state index < -0.39 is 0 Å². The van der Waals surface area contributed by atoms with Crippen LogP contribution in [0, 0.1) is 5.82 Å². The van der Waals surface area contributed by atoms with E-state index in [1.165, 1.54) is 6.07 Å². The molecule has 0 unspecified atom stereocenters. The fraction of sp³-hybridized carbons (Fsp3) is 0.400. The molecule has 2 heteroatoms. The van der Waals surface area contributed by atoms with Gasteiger partial charge >= 0.3 is 0 Å². The monoisotopic (exact) mass is 186 g/mol. The first-order valence-corrected chi connectivity index (χ1v) is 4.47. The molecule has 1 atom stereocenters. The molecular weight excluding hydrogens is 175 g/mol. The highest BCUT2D eigenvalue weighted by Gasteiger charge is 2.05. The van der Waals surface area contributed by atoms with E-state index in [0.717, 1.165) is 12.0 Å². The smallest absolute Gasteiger partial charge is 0.124 e. The van der Waals surface area contributed by atoms with Crippen molar-refractivity contribution in [2.75, 3.05) is 0 Å². The van der Waals surface area contributed by atoms with Crippen LogP contribution in [-0.2, 0) is 0 Å². The molecule has 12 heavy (non-hydrogen) atoms. The van der Waals surface area contributed by atoms with Crippen molar-refractivity contribution in [2.45, 2.75) is 26.2 Å². The second-order valence-electron chi connectivity index (χ2n) is 3.01. The number of hydrogen-bond donors (Lipinski definition) is 0. The molecule has 0 heterocycles. The first kappa shape index (κ1) is 9.53. The second kappa shape index (κ2) is 3.90. The van der Waals surface area contributed by atoms with Crippen LogP contribution in [0.1, 0.15) is 31.7 Å². The Bertz CT molecular complexity index is 250. The van der Waals surface area contributed by atoms with Crippen LogP contribution < -0.4 is 0 Å². The molecular formula is C10H12ClF. The Morgan fingerprint density at radius 2 is 2.08 bits per heavy atom. The first-order valence-electron chi connectivity index (χ1n) is 4.09. The average Bonchev–Trinajstić information content (AvgIpc) is 2.01. The predicted molar refractivity (Wildman–Crippen MR) is 50.1 cm³/mol. The number of benzene rings is 1. The Morgan fingerprint density at radius 3 is 2.58 bits per heavy atom. The fourth-order valence-corrected chi connectivity index (χ4v) is 1.33. The molecule has 66 valence electrons. The molecule has 0 bridgehead atoms. The van der Waals surface area contributed by atoms with Crippen molar-refractivity contribution in [3.05, 3.63) is 34.6 Å². The van der Waals surface area contributed by atoms with E-state index in [4.69, 9.17) is 11.6 Å². The molecule has 0 aliphatic heterocycles. The van der Waals surface area contributed by atoms with E-state index in [1.54, 1.807) is 6.07 Å². The van der Waals surface area contributed by atoms with Gasteiger partial charge in [0.1, 0.15) is 5.82 Å². The minimum atomic E-state index is -0.252. The molecule has 0 saturated carbocycles. The van der Waals surface area contributed by atoms with E-state index >= 15 is 0 Å². The number of halogens is 2. The summed E-state index contributed by atoms with van der Waals surface area (Å²) < 4.78 is 12.8. The highest BCUT2D eigenvalue weighted by molar-refractivity contribution is 6.30. The van der Waals surface area contributed by atoms with Gasteiger partial charge in [-0.15, -0.1) is 0 Å². The summed E-state index contributed by atoms with van der Waals surface area (Å²) in [5, 5.41) is 0.477. The summed E-state index contributed by atoms with van der Waals surface area (Å²) in [4.78, 5) is 0. The third kappa shape index (κ3) is 2.21. The second-order valence-corrected chi connectivity index (χ2v) is 3.45. The standard InChI is InChI=1S/C10H12ClF/c1-3-7(2)8-4-9(11)6-10(12)5-8/h4-7H,3H2,1-2H3/t7-/m0/s1. The van der Waals surface area contributed by atoms with E-state index in [-0.39, 0.29) is 5.82 Å². The number of rotatable bonds is 2. The maximum atomic E-state index is 12.8. The Balaban J connectivity index is 3.00. The van der Waals surface area contributed by atoms with Gasteiger partial charge in [-0.1, -0.05) is 25.4 Å². The van der Waals surface area contributed by atoms with Gasteiger partial charge in [0.15, 0.2) is 0 Å². The maximum absolute atomic E-state index is 12.8. The molecule has 1 aromatic carbocycles. The topological polar surface area (TPSA) is 0 Å². The van der Waals surface area contributed by atoms with Crippen molar-refractivity contribution in [3.63, 3.8) is 0 Å². The van der Waals surface area contributed by atoms with Crippen molar-refractivity contribution in [2.24, 2.45) is 0 Å². The summed E-state index contributed by atoms with van der Waals surface area (Å²) in [6.07, 6.45) is 1.000. The Hall–Kier alpha value is -0.560. The lowest BCUT2D eigenvalue weighted by Crippen LogP contribution is -1.91. The summed E-state index contributed by atoms with van der Waals surface area (Å²) in [6, 6.07) is 4.69. The zero-order valence-corrected chi connectivity index (χ0v) is 8.03. The Kier molecular flexibility index (Phi) is 3.10. The lowest BCUT2D eigenvalue weighted by Gasteiger charge is -2.08. The van der Waals surface area contributed by atoms with E-state index in [9.17, 15) is 4.39 Å². The molecule has 0 aliphatic rings. The average molecular weight is 187 g/mol.